The lowest BCUT2D eigenvalue weighted by Crippen LogP contribution is -2.35. The number of morpholine rings is 1. The molecule has 0 saturated carbocycles. The fourth-order valence-electron chi connectivity index (χ4n) is 2.23. The van der Waals surface area contributed by atoms with Gasteiger partial charge in [-0.25, -0.2) is 0 Å². The fraction of sp³-hybridized carbons (Fsp3) is 0.562. The summed E-state index contributed by atoms with van der Waals surface area (Å²) in [5, 5.41) is 2.84. The van der Waals surface area contributed by atoms with Crippen LogP contribution in [0.4, 0.5) is 0 Å². The lowest BCUT2D eigenvalue weighted by molar-refractivity contribution is -0.125. The summed E-state index contributed by atoms with van der Waals surface area (Å²) in [7, 11) is 0. The van der Waals surface area contributed by atoms with Crippen LogP contribution in [-0.4, -0.2) is 50.3 Å². The molecular formula is C16H24N2O3. The topological polar surface area (TPSA) is 50.8 Å². The Kier molecular flexibility index (Phi) is 6.66. The van der Waals surface area contributed by atoms with Gasteiger partial charge in [0.1, 0.15) is 6.61 Å². The largest absolute Gasteiger partial charge is 0.379 e. The van der Waals surface area contributed by atoms with Crippen LogP contribution in [0, 0.1) is 0 Å². The molecule has 0 bridgehead atoms. The molecule has 1 N–H and O–H groups in total. The molecule has 0 spiro atoms. The summed E-state index contributed by atoms with van der Waals surface area (Å²) in [5.74, 6) is -0.0748. The highest BCUT2D eigenvalue weighted by Crippen LogP contribution is 2.09. The molecule has 1 saturated heterocycles. The van der Waals surface area contributed by atoms with Crippen LogP contribution < -0.4 is 5.32 Å². The molecule has 1 aliphatic heterocycles. The minimum atomic E-state index is -0.0748. The highest BCUT2D eigenvalue weighted by molar-refractivity contribution is 5.77. The Labute approximate surface area is 126 Å². The highest BCUT2D eigenvalue weighted by atomic mass is 16.5. The van der Waals surface area contributed by atoms with Gasteiger partial charge in [0.25, 0.3) is 0 Å². The number of ether oxygens (including phenoxy) is 2. The fourth-order valence-corrected chi connectivity index (χ4v) is 2.23. The Morgan fingerprint density at radius 2 is 1.90 bits per heavy atom. The van der Waals surface area contributed by atoms with Gasteiger partial charge in [-0.1, -0.05) is 24.3 Å². The number of rotatable bonds is 7. The number of amides is 1. The molecule has 0 atom stereocenters. The molecule has 5 nitrogen and oxygen atoms in total. The van der Waals surface area contributed by atoms with Gasteiger partial charge in [-0.05, 0) is 18.1 Å². The lowest BCUT2D eigenvalue weighted by atomic mass is 10.1. The van der Waals surface area contributed by atoms with Crippen LogP contribution in [0.5, 0.6) is 0 Å². The molecule has 1 amide bonds. The van der Waals surface area contributed by atoms with E-state index < -0.39 is 0 Å². The molecule has 0 aromatic heterocycles. The third kappa shape index (κ3) is 5.83. The van der Waals surface area contributed by atoms with Crippen molar-refractivity contribution in [1.82, 2.24) is 10.2 Å². The number of carbonyl (C=O) groups excluding carboxylic acids is 1. The molecule has 1 aliphatic rings. The number of carbonyl (C=O) groups is 1. The van der Waals surface area contributed by atoms with Gasteiger partial charge in [0.15, 0.2) is 0 Å². The molecule has 116 valence electrons. The standard InChI is InChI=1S/C16H24N2O3/c1-2-20-13-16(19)17-11-14-3-5-15(6-4-14)12-18-7-9-21-10-8-18/h3-6H,2,7-13H2,1H3,(H,17,19). The minimum Gasteiger partial charge on any atom is -0.379 e. The van der Waals surface area contributed by atoms with Crippen LogP contribution >= 0.6 is 0 Å². The van der Waals surface area contributed by atoms with Gasteiger partial charge in [-0.2, -0.15) is 0 Å². The number of nitrogens with one attached hydrogen (secondary N) is 1. The Balaban J connectivity index is 1.74. The van der Waals surface area contributed by atoms with Gasteiger partial charge in [0, 0.05) is 32.8 Å². The summed E-state index contributed by atoms with van der Waals surface area (Å²) < 4.78 is 10.4. The quantitative estimate of drug-likeness (QED) is 0.820. The molecule has 5 heteroatoms. The van der Waals surface area contributed by atoms with E-state index in [-0.39, 0.29) is 12.5 Å². The van der Waals surface area contributed by atoms with Crippen molar-refractivity contribution in [3.05, 3.63) is 35.4 Å². The molecule has 0 unspecified atom stereocenters. The summed E-state index contributed by atoms with van der Waals surface area (Å²) in [6.07, 6.45) is 0. The van der Waals surface area contributed by atoms with Crippen molar-refractivity contribution in [2.24, 2.45) is 0 Å². The van der Waals surface area contributed by atoms with E-state index in [1.54, 1.807) is 0 Å². The monoisotopic (exact) mass is 292 g/mol. The molecule has 0 aliphatic carbocycles. The molecule has 0 radical (unpaired) electrons. The second kappa shape index (κ2) is 8.77. The Hall–Kier alpha value is -1.43. The van der Waals surface area contributed by atoms with Crippen molar-refractivity contribution in [3.8, 4) is 0 Å². The first kappa shape index (κ1) is 15.9. The minimum absolute atomic E-state index is 0.0748. The van der Waals surface area contributed by atoms with E-state index in [0.717, 1.165) is 38.4 Å². The van der Waals surface area contributed by atoms with Crippen LogP contribution in [0.25, 0.3) is 0 Å². The summed E-state index contributed by atoms with van der Waals surface area (Å²) in [6, 6.07) is 8.38. The Morgan fingerprint density at radius 3 is 2.57 bits per heavy atom. The van der Waals surface area contributed by atoms with Crippen LogP contribution in [0.2, 0.25) is 0 Å². The highest BCUT2D eigenvalue weighted by Gasteiger charge is 2.10. The van der Waals surface area contributed by atoms with Gasteiger partial charge in [0.2, 0.25) is 5.91 Å². The zero-order valence-electron chi connectivity index (χ0n) is 12.6. The summed E-state index contributed by atoms with van der Waals surface area (Å²) >= 11 is 0. The maximum atomic E-state index is 11.5. The molecular weight excluding hydrogens is 268 g/mol. The van der Waals surface area contributed by atoms with Crippen molar-refractivity contribution >= 4 is 5.91 Å². The second-order valence-electron chi connectivity index (χ2n) is 5.12. The maximum Gasteiger partial charge on any atom is 0.246 e. The number of hydrogen-bond donors (Lipinski definition) is 1. The van der Waals surface area contributed by atoms with Crippen molar-refractivity contribution < 1.29 is 14.3 Å². The van der Waals surface area contributed by atoms with E-state index in [0.29, 0.717) is 13.2 Å². The molecule has 1 heterocycles. The number of nitrogens with zero attached hydrogens (tertiary/aromatic N) is 1. The zero-order chi connectivity index (χ0) is 14.9. The normalized spacial score (nSPS) is 15.9. The molecule has 1 fully saturated rings. The first-order valence-corrected chi connectivity index (χ1v) is 7.50. The van der Waals surface area contributed by atoms with Gasteiger partial charge in [-0.3, -0.25) is 9.69 Å². The predicted molar refractivity (Wildman–Crippen MR) is 80.9 cm³/mol. The smallest absolute Gasteiger partial charge is 0.246 e. The van der Waals surface area contributed by atoms with Crippen molar-refractivity contribution in [2.75, 3.05) is 39.5 Å². The van der Waals surface area contributed by atoms with E-state index >= 15 is 0 Å². The SMILES string of the molecule is CCOCC(=O)NCc1ccc(CN2CCOCC2)cc1. The Morgan fingerprint density at radius 1 is 1.24 bits per heavy atom. The molecule has 1 aromatic rings. The Bertz CT molecular complexity index is 428. The average molecular weight is 292 g/mol. The van der Waals surface area contributed by atoms with E-state index in [1.165, 1.54) is 5.56 Å². The van der Waals surface area contributed by atoms with E-state index in [2.05, 4.69) is 34.5 Å². The maximum absolute atomic E-state index is 11.5. The number of hydrogen-bond acceptors (Lipinski definition) is 4. The van der Waals surface area contributed by atoms with Crippen LogP contribution in [0.15, 0.2) is 24.3 Å². The van der Waals surface area contributed by atoms with Gasteiger partial charge in [0.05, 0.1) is 13.2 Å². The first-order valence-electron chi connectivity index (χ1n) is 7.50. The molecule has 2 rings (SSSR count). The average Bonchev–Trinajstić information content (AvgIpc) is 2.53. The third-order valence-corrected chi connectivity index (χ3v) is 3.46. The lowest BCUT2D eigenvalue weighted by Gasteiger charge is -2.26. The third-order valence-electron chi connectivity index (χ3n) is 3.46. The summed E-state index contributed by atoms with van der Waals surface area (Å²) in [5.41, 5.74) is 2.40. The predicted octanol–water partition coefficient (Wildman–Crippen LogP) is 1.17. The van der Waals surface area contributed by atoms with E-state index in [1.807, 2.05) is 6.92 Å². The van der Waals surface area contributed by atoms with Gasteiger partial charge < -0.3 is 14.8 Å². The summed E-state index contributed by atoms with van der Waals surface area (Å²) in [4.78, 5) is 13.8. The summed E-state index contributed by atoms with van der Waals surface area (Å²) in [6.45, 7) is 7.71. The molecule has 1 aromatic carbocycles. The van der Waals surface area contributed by atoms with Crippen molar-refractivity contribution in [2.45, 2.75) is 20.0 Å². The number of benzene rings is 1. The first-order chi connectivity index (χ1) is 10.3. The van der Waals surface area contributed by atoms with Crippen molar-refractivity contribution in [1.29, 1.82) is 0 Å². The zero-order valence-corrected chi connectivity index (χ0v) is 12.6. The van der Waals surface area contributed by atoms with E-state index in [4.69, 9.17) is 9.47 Å². The van der Waals surface area contributed by atoms with Gasteiger partial charge >= 0.3 is 0 Å². The molecule has 21 heavy (non-hydrogen) atoms. The van der Waals surface area contributed by atoms with Crippen LogP contribution in [-0.2, 0) is 27.4 Å². The van der Waals surface area contributed by atoms with E-state index in [9.17, 15) is 4.79 Å². The van der Waals surface area contributed by atoms with Crippen LogP contribution in [0.1, 0.15) is 18.1 Å². The van der Waals surface area contributed by atoms with Gasteiger partial charge in [-0.15, -0.1) is 0 Å². The second-order valence-corrected chi connectivity index (χ2v) is 5.12. The van der Waals surface area contributed by atoms with Crippen molar-refractivity contribution in [3.63, 3.8) is 0 Å². The van der Waals surface area contributed by atoms with Crippen LogP contribution in [0.3, 0.4) is 0 Å².